The third-order valence-corrected chi connectivity index (χ3v) is 5.32. The van der Waals surface area contributed by atoms with Crippen LogP contribution >= 0.6 is 15.9 Å². The lowest BCUT2D eigenvalue weighted by molar-refractivity contribution is -0.122. The SMILES string of the molecule is CCC(CC)(CBr)NC(=O)Cc1cccc2ccccc12. The van der Waals surface area contributed by atoms with Gasteiger partial charge in [0.05, 0.1) is 6.42 Å². The van der Waals surface area contributed by atoms with Gasteiger partial charge in [0.25, 0.3) is 0 Å². The maximum atomic E-state index is 12.4. The van der Waals surface area contributed by atoms with E-state index in [1.807, 2.05) is 24.3 Å². The summed E-state index contributed by atoms with van der Waals surface area (Å²) in [6, 6.07) is 14.3. The van der Waals surface area contributed by atoms with E-state index < -0.39 is 0 Å². The molecule has 2 aromatic carbocycles. The number of hydrogen-bond donors (Lipinski definition) is 1. The molecule has 3 heteroatoms. The van der Waals surface area contributed by atoms with Gasteiger partial charge in [-0.2, -0.15) is 0 Å². The molecule has 0 radical (unpaired) electrons. The van der Waals surface area contributed by atoms with Crippen LogP contribution in [0.2, 0.25) is 0 Å². The second-order valence-corrected chi connectivity index (χ2v) is 6.05. The zero-order valence-electron chi connectivity index (χ0n) is 12.7. The highest BCUT2D eigenvalue weighted by Gasteiger charge is 2.26. The minimum Gasteiger partial charge on any atom is -0.350 e. The van der Waals surface area contributed by atoms with Crippen molar-refractivity contribution in [3.05, 3.63) is 48.0 Å². The maximum absolute atomic E-state index is 12.4. The topological polar surface area (TPSA) is 29.1 Å². The number of hydrogen-bond acceptors (Lipinski definition) is 1. The van der Waals surface area contributed by atoms with E-state index in [4.69, 9.17) is 0 Å². The molecule has 2 aromatic rings. The van der Waals surface area contributed by atoms with Crippen LogP contribution in [0.1, 0.15) is 32.3 Å². The first kappa shape index (κ1) is 16.0. The van der Waals surface area contributed by atoms with Crippen molar-refractivity contribution in [3.63, 3.8) is 0 Å². The summed E-state index contributed by atoms with van der Waals surface area (Å²) in [6.45, 7) is 4.23. The van der Waals surface area contributed by atoms with Crippen LogP contribution in [-0.4, -0.2) is 16.8 Å². The number of halogens is 1. The average molecular weight is 348 g/mol. The fourth-order valence-electron chi connectivity index (χ4n) is 2.61. The summed E-state index contributed by atoms with van der Waals surface area (Å²) < 4.78 is 0. The Bertz CT molecular complexity index is 606. The van der Waals surface area contributed by atoms with E-state index in [9.17, 15) is 4.79 Å². The van der Waals surface area contributed by atoms with Crippen molar-refractivity contribution in [1.82, 2.24) is 5.32 Å². The van der Waals surface area contributed by atoms with Crippen LogP contribution in [0.25, 0.3) is 10.8 Å². The van der Waals surface area contributed by atoms with E-state index in [2.05, 4.69) is 53.3 Å². The van der Waals surface area contributed by atoms with Gasteiger partial charge in [0.2, 0.25) is 5.91 Å². The maximum Gasteiger partial charge on any atom is 0.224 e. The van der Waals surface area contributed by atoms with Crippen molar-refractivity contribution in [3.8, 4) is 0 Å². The third kappa shape index (κ3) is 3.65. The minimum absolute atomic E-state index is 0.0921. The number of rotatable bonds is 6. The molecule has 1 N–H and O–H groups in total. The molecule has 0 aliphatic rings. The largest absolute Gasteiger partial charge is 0.350 e. The fourth-order valence-corrected chi connectivity index (χ4v) is 3.54. The smallest absolute Gasteiger partial charge is 0.224 e. The summed E-state index contributed by atoms with van der Waals surface area (Å²) in [5.74, 6) is 0.0921. The van der Waals surface area contributed by atoms with Gasteiger partial charge in [-0.25, -0.2) is 0 Å². The summed E-state index contributed by atoms with van der Waals surface area (Å²) in [6.07, 6.45) is 2.28. The van der Waals surface area contributed by atoms with Gasteiger partial charge >= 0.3 is 0 Å². The van der Waals surface area contributed by atoms with Crippen LogP contribution in [0.15, 0.2) is 42.5 Å². The van der Waals surface area contributed by atoms with Crippen LogP contribution in [-0.2, 0) is 11.2 Å². The third-order valence-electron chi connectivity index (χ3n) is 4.24. The standard InChI is InChI=1S/C18H22BrNO/c1-3-18(4-2,13-19)20-17(21)12-15-10-7-9-14-8-5-6-11-16(14)15/h5-11H,3-4,12-13H2,1-2H3,(H,20,21). The average Bonchev–Trinajstić information content (AvgIpc) is 2.53. The first-order valence-electron chi connectivity index (χ1n) is 7.47. The van der Waals surface area contributed by atoms with Gasteiger partial charge in [0.1, 0.15) is 0 Å². The fraction of sp³-hybridized carbons (Fsp3) is 0.389. The second kappa shape index (κ2) is 7.08. The molecule has 0 unspecified atom stereocenters. The predicted molar refractivity (Wildman–Crippen MR) is 92.9 cm³/mol. The second-order valence-electron chi connectivity index (χ2n) is 5.48. The molecule has 1 amide bonds. The molecule has 0 atom stereocenters. The van der Waals surface area contributed by atoms with Gasteiger partial charge in [0.15, 0.2) is 0 Å². The lowest BCUT2D eigenvalue weighted by atomic mass is 9.94. The lowest BCUT2D eigenvalue weighted by Gasteiger charge is -2.31. The zero-order chi connectivity index (χ0) is 15.3. The van der Waals surface area contributed by atoms with E-state index >= 15 is 0 Å². The van der Waals surface area contributed by atoms with E-state index in [1.165, 1.54) is 5.39 Å². The molecule has 2 nitrogen and oxygen atoms in total. The molecule has 0 heterocycles. The Morgan fingerprint density at radius 2 is 1.76 bits per heavy atom. The molecule has 0 saturated heterocycles. The normalized spacial score (nSPS) is 11.6. The van der Waals surface area contributed by atoms with Crippen LogP contribution in [0, 0.1) is 0 Å². The van der Waals surface area contributed by atoms with Gasteiger partial charge in [-0.05, 0) is 29.2 Å². The van der Waals surface area contributed by atoms with Crippen molar-refractivity contribution >= 4 is 32.6 Å². The monoisotopic (exact) mass is 347 g/mol. The number of amides is 1. The van der Waals surface area contributed by atoms with Crippen molar-refractivity contribution in [1.29, 1.82) is 0 Å². The van der Waals surface area contributed by atoms with Crippen molar-refractivity contribution in [2.24, 2.45) is 0 Å². The van der Waals surface area contributed by atoms with E-state index in [0.29, 0.717) is 6.42 Å². The molecule has 0 aliphatic heterocycles. The molecule has 0 bridgehead atoms. The first-order valence-corrected chi connectivity index (χ1v) is 8.60. The van der Waals surface area contributed by atoms with Gasteiger partial charge in [-0.1, -0.05) is 72.2 Å². The number of fused-ring (bicyclic) bond motifs is 1. The summed E-state index contributed by atoms with van der Waals surface area (Å²) in [4.78, 5) is 12.4. The molecule has 0 aromatic heterocycles. The summed E-state index contributed by atoms with van der Waals surface area (Å²) >= 11 is 3.53. The van der Waals surface area contributed by atoms with E-state index in [0.717, 1.165) is 29.1 Å². The van der Waals surface area contributed by atoms with Crippen LogP contribution in [0.4, 0.5) is 0 Å². The van der Waals surface area contributed by atoms with Gasteiger partial charge in [-0.3, -0.25) is 4.79 Å². The highest BCUT2D eigenvalue weighted by atomic mass is 79.9. The molecule has 0 spiro atoms. The molecule has 0 saturated carbocycles. The molecular weight excluding hydrogens is 326 g/mol. The zero-order valence-corrected chi connectivity index (χ0v) is 14.2. The Morgan fingerprint density at radius 3 is 2.43 bits per heavy atom. The molecule has 2 rings (SSSR count). The molecule has 21 heavy (non-hydrogen) atoms. The number of carbonyl (C=O) groups is 1. The number of alkyl halides is 1. The predicted octanol–water partition coefficient (Wildman–Crippen LogP) is 4.45. The molecule has 0 fully saturated rings. The Hall–Kier alpha value is -1.35. The van der Waals surface area contributed by atoms with Crippen LogP contribution < -0.4 is 5.32 Å². The first-order chi connectivity index (χ1) is 10.1. The van der Waals surface area contributed by atoms with E-state index in [1.54, 1.807) is 0 Å². The van der Waals surface area contributed by atoms with Crippen LogP contribution in [0.3, 0.4) is 0 Å². The minimum atomic E-state index is -0.137. The Balaban J connectivity index is 2.19. The van der Waals surface area contributed by atoms with E-state index in [-0.39, 0.29) is 11.4 Å². The highest BCUT2D eigenvalue weighted by molar-refractivity contribution is 9.09. The van der Waals surface area contributed by atoms with Crippen molar-refractivity contribution in [2.45, 2.75) is 38.6 Å². The molecular formula is C18H22BrNO. The Morgan fingerprint density at radius 1 is 1.10 bits per heavy atom. The number of benzene rings is 2. The number of carbonyl (C=O) groups excluding carboxylic acids is 1. The van der Waals surface area contributed by atoms with Crippen molar-refractivity contribution < 1.29 is 4.79 Å². The molecule has 112 valence electrons. The van der Waals surface area contributed by atoms with Gasteiger partial charge < -0.3 is 5.32 Å². The van der Waals surface area contributed by atoms with Gasteiger partial charge in [-0.15, -0.1) is 0 Å². The Labute approximate surface area is 135 Å². The molecule has 0 aliphatic carbocycles. The highest BCUT2D eigenvalue weighted by Crippen LogP contribution is 2.21. The Kier molecular flexibility index (Phi) is 5.40. The quantitative estimate of drug-likeness (QED) is 0.768. The van der Waals surface area contributed by atoms with Crippen molar-refractivity contribution in [2.75, 3.05) is 5.33 Å². The summed E-state index contributed by atoms with van der Waals surface area (Å²) in [7, 11) is 0. The van der Waals surface area contributed by atoms with Gasteiger partial charge in [0, 0.05) is 10.9 Å². The summed E-state index contributed by atoms with van der Waals surface area (Å²) in [5, 5.41) is 6.33. The van der Waals surface area contributed by atoms with Crippen LogP contribution in [0.5, 0.6) is 0 Å². The number of nitrogens with one attached hydrogen (secondary N) is 1. The summed E-state index contributed by atoms with van der Waals surface area (Å²) in [5.41, 5.74) is 0.947. The lowest BCUT2D eigenvalue weighted by Crippen LogP contribution is -2.49.